The third kappa shape index (κ3) is 5.04. The van der Waals surface area contributed by atoms with Gasteiger partial charge in [-0.3, -0.25) is 0 Å². The molecule has 0 aromatic rings. The first kappa shape index (κ1) is 14.0. The molecule has 2 rings (SSSR count). The molecule has 0 amide bonds. The molecule has 2 aliphatic heterocycles. The molecule has 0 aromatic heterocycles. The largest absolute Gasteiger partial charge is 0.375 e. The number of fused-ring (bicyclic) bond motifs is 1. The highest BCUT2D eigenvalue weighted by Gasteiger charge is 2.11. The Labute approximate surface area is 114 Å². The van der Waals surface area contributed by atoms with E-state index in [1.165, 1.54) is 96.6 Å². The van der Waals surface area contributed by atoms with Gasteiger partial charge in [0.2, 0.25) is 0 Å². The SMILES string of the molecule is C1=C2CCCCCCCN2CCCCCCCC1. The van der Waals surface area contributed by atoms with Crippen LogP contribution in [0, 0.1) is 0 Å². The van der Waals surface area contributed by atoms with Crippen molar-refractivity contribution in [3.8, 4) is 0 Å². The second kappa shape index (κ2) is 8.61. The van der Waals surface area contributed by atoms with E-state index >= 15 is 0 Å². The first-order chi connectivity index (χ1) is 8.97. The Bertz CT molecular complexity index is 244. The van der Waals surface area contributed by atoms with Gasteiger partial charge in [0.05, 0.1) is 0 Å². The van der Waals surface area contributed by atoms with Crippen LogP contribution in [0.2, 0.25) is 0 Å². The quantitative estimate of drug-likeness (QED) is 0.565. The van der Waals surface area contributed by atoms with Crippen LogP contribution in [0.4, 0.5) is 0 Å². The zero-order valence-electron chi connectivity index (χ0n) is 12.1. The van der Waals surface area contributed by atoms with E-state index in [9.17, 15) is 0 Å². The molecule has 1 saturated heterocycles. The second-order valence-electron chi connectivity index (χ2n) is 6.11. The maximum Gasteiger partial charge on any atom is 0.0174 e. The highest BCUT2D eigenvalue weighted by atomic mass is 15.1. The van der Waals surface area contributed by atoms with Crippen LogP contribution in [-0.2, 0) is 0 Å². The summed E-state index contributed by atoms with van der Waals surface area (Å²) in [6, 6.07) is 0. The lowest BCUT2D eigenvalue weighted by molar-refractivity contribution is 0.318. The zero-order chi connectivity index (χ0) is 12.5. The molecular weight excluding hydrogens is 218 g/mol. The van der Waals surface area contributed by atoms with Gasteiger partial charge in [-0.15, -0.1) is 0 Å². The Morgan fingerprint density at radius 3 is 1.89 bits per heavy atom. The normalized spacial score (nSPS) is 24.9. The van der Waals surface area contributed by atoms with E-state index in [1.807, 2.05) is 0 Å². The summed E-state index contributed by atoms with van der Waals surface area (Å²) >= 11 is 0. The van der Waals surface area contributed by atoms with Crippen molar-refractivity contribution in [3.63, 3.8) is 0 Å². The summed E-state index contributed by atoms with van der Waals surface area (Å²) in [5.74, 6) is 0. The molecule has 18 heavy (non-hydrogen) atoms. The molecule has 0 radical (unpaired) electrons. The van der Waals surface area contributed by atoms with Crippen LogP contribution in [-0.4, -0.2) is 18.0 Å². The molecule has 0 aliphatic carbocycles. The van der Waals surface area contributed by atoms with Gasteiger partial charge in [0.15, 0.2) is 0 Å². The molecule has 0 bridgehead atoms. The molecule has 0 spiro atoms. The molecule has 0 N–H and O–H groups in total. The topological polar surface area (TPSA) is 3.24 Å². The fraction of sp³-hybridized carbons (Fsp3) is 0.882. The van der Waals surface area contributed by atoms with Gasteiger partial charge in [-0.05, 0) is 38.5 Å². The van der Waals surface area contributed by atoms with E-state index in [0.717, 1.165) is 0 Å². The van der Waals surface area contributed by atoms with Crippen LogP contribution in [0.5, 0.6) is 0 Å². The minimum absolute atomic E-state index is 1.33. The predicted octanol–water partition coefficient (Wildman–Crippen LogP) is 5.27. The molecule has 2 heterocycles. The van der Waals surface area contributed by atoms with Crippen LogP contribution < -0.4 is 0 Å². The summed E-state index contributed by atoms with van der Waals surface area (Å²) in [6.07, 6.45) is 21.1. The van der Waals surface area contributed by atoms with E-state index in [-0.39, 0.29) is 0 Å². The van der Waals surface area contributed by atoms with Crippen LogP contribution in [0.25, 0.3) is 0 Å². The third-order valence-corrected chi connectivity index (χ3v) is 4.53. The fourth-order valence-corrected chi connectivity index (χ4v) is 3.35. The first-order valence-electron chi connectivity index (χ1n) is 8.41. The number of allylic oxidation sites excluding steroid dienone is 2. The van der Waals surface area contributed by atoms with Crippen LogP contribution in [0.1, 0.15) is 83.5 Å². The van der Waals surface area contributed by atoms with E-state index in [0.29, 0.717) is 0 Å². The van der Waals surface area contributed by atoms with Crippen LogP contribution in [0.3, 0.4) is 0 Å². The summed E-state index contributed by atoms with van der Waals surface area (Å²) < 4.78 is 0. The van der Waals surface area contributed by atoms with Crippen molar-refractivity contribution < 1.29 is 0 Å². The van der Waals surface area contributed by atoms with Gasteiger partial charge in [-0.1, -0.05) is 51.0 Å². The second-order valence-corrected chi connectivity index (χ2v) is 6.11. The van der Waals surface area contributed by atoms with Gasteiger partial charge in [-0.25, -0.2) is 0 Å². The van der Waals surface area contributed by atoms with Crippen LogP contribution >= 0.6 is 0 Å². The summed E-state index contributed by atoms with van der Waals surface area (Å²) in [7, 11) is 0. The van der Waals surface area contributed by atoms with Gasteiger partial charge < -0.3 is 4.90 Å². The van der Waals surface area contributed by atoms with Crippen molar-refractivity contribution >= 4 is 0 Å². The lowest BCUT2D eigenvalue weighted by atomic mass is 10.1. The summed E-state index contributed by atoms with van der Waals surface area (Å²) in [6.45, 7) is 2.65. The van der Waals surface area contributed by atoms with Crippen molar-refractivity contribution in [1.29, 1.82) is 0 Å². The lowest BCUT2D eigenvalue weighted by Gasteiger charge is -2.27. The van der Waals surface area contributed by atoms with Gasteiger partial charge in [0.1, 0.15) is 0 Å². The summed E-state index contributed by atoms with van der Waals surface area (Å²) in [5.41, 5.74) is 1.69. The minimum Gasteiger partial charge on any atom is -0.375 e. The molecule has 0 saturated carbocycles. The van der Waals surface area contributed by atoms with E-state index < -0.39 is 0 Å². The number of hydrogen-bond donors (Lipinski definition) is 0. The molecule has 0 unspecified atom stereocenters. The number of rotatable bonds is 0. The Balaban J connectivity index is 1.97. The van der Waals surface area contributed by atoms with Gasteiger partial charge >= 0.3 is 0 Å². The molecule has 1 nitrogen and oxygen atoms in total. The lowest BCUT2D eigenvalue weighted by Crippen LogP contribution is -2.25. The average Bonchev–Trinajstić information content (AvgIpc) is 2.45. The highest BCUT2D eigenvalue weighted by molar-refractivity contribution is 5.02. The van der Waals surface area contributed by atoms with Crippen molar-refractivity contribution in [2.45, 2.75) is 83.5 Å². The standard InChI is InChI=1S/C17H31N/c1-2-5-9-13-17-14-10-6-4-8-12-16-18(17)15-11-7-3-1/h13H,1-12,14-16H2. The molecule has 0 atom stereocenters. The van der Waals surface area contributed by atoms with Gasteiger partial charge in [-0.2, -0.15) is 0 Å². The molecule has 1 fully saturated rings. The van der Waals surface area contributed by atoms with Gasteiger partial charge in [0, 0.05) is 18.8 Å². The third-order valence-electron chi connectivity index (χ3n) is 4.53. The molecule has 2 aliphatic rings. The Morgan fingerprint density at radius 1 is 0.611 bits per heavy atom. The minimum atomic E-state index is 1.33. The van der Waals surface area contributed by atoms with Crippen molar-refractivity contribution in [2.24, 2.45) is 0 Å². The Kier molecular flexibility index (Phi) is 6.68. The van der Waals surface area contributed by atoms with Crippen molar-refractivity contribution in [3.05, 3.63) is 11.8 Å². The fourth-order valence-electron chi connectivity index (χ4n) is 3.35. The Morgan fingerprint density at radius 2 is 1.17 bits per heavy atom. The smallest absolute Gasteiger partial charge is 0.0174 e. The summed E-state index contributed by atoms with van der Waals surface area (Å²) in [5, 5.41) is 0. The van der Waals surface area contributed by atoms with Gasteiger partial charge in [0.25, 0.3) is 0 Å². The molecular formula is C17H31N. The maximum absolute atomic E-state index is 2.73. The average molecular weight is 249 g/mol. The zero-order valence-corrected chi connectivity index (χ0v) is 12.1. The maximum atomic E-state index is 2.73. The first-order valence-corrected chi connectivity index (χ1v) is 8.41. The van der Waals surface area contributed by atoms with Crippen molar-refractivity contribution in [2.75, 3.05) is 13.1 Å². The molecule has 0 aromatic carbocycles. The predicted molar refractivity (Wildman–Crippen MR) is 79.7 cm³/mol. The Hall–Kier alpha value is -0.460. The highest BCUT2D eigenvalue weighted by Crippen LogP contribution is 2.22. The van der Waals surface area contributed by atoms with Crippen LogP contribution in [0.15, 0.2) is 11.8 Å². The number of nitrogens with zero attached hydrogens (tertiary/aromatic N) is 1. The van der Waals surface area contributed by atoms with E-state index in [1.54, 1.807) is 5.70 Å². The number of hydrogen-bond acceptors (Lipinski definition) is 1. The molecule has 104 valence electrons. The summed E-state index contributed by atoms with van der Waals surface area (Å²) in [4.78, 5) is 2.73. The van der Waals surface area contributed by atoms with E-state index in [2.05, 4.69) is 11.0 Å². The van der Waals surface area contributed by atoms with Crippen molar-refractivity contribution in [1.82, 2.24) is 4.90 Å². The molecule has 1 heteroatoms. The monoisotopic (exact) mass is 249 g/mol. The van der Waals surface area contributed by atoms with E-state index in [4.69, 9.17) is 0 Å².